The van der Waals surface area contributed by atoms with Crippen molar-refractivity contribution in [3.8, 4) is 0 Å². The number of benzene rings is 1. The van der Waals surface area contributed by atoms with E-state index < -0.39 is 11.6 Å². The van der Waals surface area contributed by atoms with Crippen LogP contribution in [0.3, 0.4) is 0 Å². The fourth-order valence-electron chi connectivity index (χ4n) is 2.23. The molecule has 1 saturated heterocycles. The molecule has 92 valence electrons. The Morgan fingerprint density at radius 3 is 2.76 bits per heavy atom. The summed E-state index contributed by atoms with van der Waals surface area (Å²) in [6, 6.07) is 3.77. The van der Waals surface area contributed by atoms with Gasteiger partial charge in [0.1, 0.15) is 6.10 Å². The maximum atomic E-state index is 13.1. The molecule has 4 heteroatoms. The summed E-state index contributed by atoms with van der Waals surface area (Å²) < 4.78 is 31.2. The fourth-order valence-corrected chi connectivity index (χ4v) is 2.23. The van der Waals surface area contributed by atoms with Crippen molar-refractivity contribution < 1.29 is 18.3 Å². The zero-order valence-electron chi connectivity index (χ0n) is 9.58. The molecule has 0 N–H and O–H groups in total. The zero-order chi connectivity index (χ0) is 12.4. The molecule has 1 fully saturated rings. The minimum atomic E-state index is -0.878. The van der Waals surface area contributed by atoms with Gasteiger partial charge in [0.05, 0.1) is 6.42 Å². The van der Waals surface area contributed by atoms with Gasteiger partial charge in [0.25, 0.3) is 0 Å². The molecule has 1 aromatic rings. The van der Waals surface area contributed by atoms with Crippen molar-refractivity contribution in [2.24, 2.45) is 0 Å². The molecule has 0 unspecified atom stereocenters. The van der Waals surface area contributed by atoms with E-state index in [1.165, 1.54) is 6.07 Å². The van der Waals surface area contributed by atoms with Gasteiger partial charge >= 0.3 is 5.97 Å². The Labute approximate surface area is 98.6 Å². The van der Waals surface area contributed by atoms with Crippen LogP contribution in [0.2, 0.25) is 0 Å². The number of carbonyl (C=O) groups is 1. The molecule has 17 heavy (non-hydrogen) atoms. The Bertz CT molecular complexity index is 431. The van der Waals surface area contributed by atoms with Gasteiger partial charge in [-0.2, -0.15) is 0 Å². The highest BCUT2D eigenvalue weighted by molar-refractivity contribution is 5.73. The highest BCUT2D eigenvalue weighted by Crippen LogP contribution is 2.34. The number of esters is 1. The lowest BCUT2D eigenvalue weighted by molar-refractivity contribution is -0.141. The maximum Gasteiger partial charge on any atom is 0.306 e. The third-order valence-corrected chi connectivity index (χ3v) is 3.06. The Kier molecular flexibility index (Phi) is 3.41. The molecular weight excluding hydrogens is 226 g/mol. The van der Waals surface area contributed by atoms with Crippen molar-refractivity contribution >= 4 is 5.97 Å². The van der Waals surface area contributed by atoms with Crippen molar-refractivity contribution in [3.63, 3.8) is 0 Å². The largest absolute Gasteiger partial charge is 0.462 e. The number of rotatable bonds is 3. The lowest BCUT2D eigenvalue weighted by atomic mass is 9.90. The summed E-state index contributed by atoms with van der Waals surface area (Å²) in [5.74, 6) is -2.17. The van der Waals surface area contributed by atoms with Gasteiger partial charge < -0.3 is 4.74 Å². The van der Waals surface area contributed by atoms with Crippen LogP contribution in [-0.2, 0) is 9.53 Å². The molecule has 0 radical (unpaired) electrons. The van der Waals surface area contributed by atoms with Gasteiger partial charge in [-0.1, -0.05) is 19.4 Å². The van der Waals surface area contributed by atoms with Crippen LogP contribution >= 0.6 is 0 Å². The topological polar surface area (TPSA) is 26.3 Å². The van der Waals surface area contributed by atoms with E-state index in [9.17, 15) is 13.6 Å². The Morgan fingerprint density at radius 1 is 1.35 bits per heavy atom. The van der Waals surface area contributed by atoms with E-state index in [0.717, 1.165) is 25.0 Å². The van der Waals surface area contributed by atoms with E-state index >= 15 is 0 Å². The maximum absolute atomic E-state index is 13.1. The van der Waals surface area contributed by atoms with E-state index in [2.05, 4.69) is 0 Å². The molecule has 2 atom stereocenters. The molecule has 0 aromatic heterocycles. The van der Waals surface area contributed by atoms with Gasteiger partial charge in [-0.15, -0.1) is 0 Å². The second kappa shape index (κ2) is 4.82. The molecule has 0 amide bonds. The number of cyclic esters (lactones) is 1. The Balaban J connectivity index is 2.25. The second-order valence-corrected chi connectivity index (χ2v) is 4.30. The smallest absolute Gasteiger partial charge is 0.306 e. The molecule has 0 aliphatic carbocycles. The van der Waals surface area contributed by atoms with Gasteiger partial charge in [-0.25, -0.2) is 8.78 Å². The highest BCUT2D eigenvalue weighted by Gasteiger charge is 2.35. The quantitative estimate of drug-likeness (QED) is 0.758. The van der Waals surface area contributed by atoms with Crippen LogP contribution in [0.1, 0.15) is 37.7 Å². The van der Waals surface area contributed by atoms with Crippen LogP contribution in [-0.4, -0.2) is 12.1 Å². The lowest BCUT2D eigenvalue weighted by Crippen LogP contribution is -2.14. The van der Waals surface area contributed by atoms with E-state index in [4.69, 9.17) is 4.74 Å². The van der Waals surface area contributed by atoms with Crippen molar-refractivity contribution in [2.45, 2.75) is 38.2 Å². The van der Waals surface area contributed by atoms with Crippen LogP contribution in [0.25, 0.3) is 0 Å². The molecule has 1 aliphatic rings. The summed E-state index contributed by atoms with van der Waals surface area (Å²) in [6.45, 7) is 1.99. The predicted molar refractivity (Wildman–Crippen MR) is 58.5 cm³/mol. The first-order chi connectivity index (χ1) is 8.11. The third-order valence-electron chi connectivity index (χ3n) is 3.06. The van der Waals surface area contributed by atoms with Crippen LogP contribution in [0.15, 0.2) is 18.2 Å². The minimum absolute atomic E-state index is 0.155. The van der Waals surface area contributed by atoms with Crippen LogP contribution in [0.4, 0.5) is 8.78 Å². The molecule has 1 aromatic carbocycles. The first kappa shape index (κ1) is 12.0. The standard InChI is InChI=1S/C13H14F2O2/c1-2-3-12-9(7-13(16)17-12)8-4-5-10(14)11(15)6-8/h4-6,9,12H,2-3,7H2,1H3/t9-,12-/m0/s1. The summed E-state index contributed by atoms with van der Waals surface area (Å²) in [5, 5.41) is 0. The first-order valence-electron chi connectivity index (χ1n) is 5.76. The average Bonchev–Trinajstić information content (AvgIpc) is 2.64. The summed E-state index contributed by atoms with van der Waals surface area (Å²) >= 11 is 0. The SMILES string of the molecule is CCC[C@@H]1OC(=O)C[C@H]1c1ccc(F)c(F)c1. The van der Waals surface area contributed by atoms with Gasteiger partial charge in [-0.3, -0.25) is 4.79 Å². The van der Waals surface area contributed by atoms with Crippen molar-refractivity contribution in [1.82, 2.24) is 0 Å². The summed E-state index contributed by atoms with van der Waals surface area (Å²) in [7, 11) is 0. The molecule has 0 saturated carbocycles. The number of halogens is 2. The molecular formula is C13H14F2O2. The van der Waals surface area contributed by atoms with Crippen molar-refractivity contribution in [1.29, 1.82) is 0 Å². The van der Waals surface area contributed by atoms with Crippen molar-refractivity contribution in [3.05, 3.63) is 35.4 Å². The normalized spacial score (nSPS) is 23.8. The van der Waals surface area contributed by atoms with Crippen LogP contribution in [0.5, 0.6) is 0 Å². The molecule has 2 nitrogen and oxygen atoms in total. The van der Waals surface area contributed by atoms with Crippen LogP contribution in [0, 0.1) is 11.6 Å². The van der Waals surface area contributed by atoms with Gasteiger partial charge in [-0.05, 0) is 24.1 Å². The first-order valence-corrected chi connectivity index (χ1v) is 5.76. The summed E-state index contributed by atoms with van der Waals surface area (Å²) in [5.41, 5.74) is 0.633. The van der Waals surface area contributed by atoms with Crippen molar-refractivity contribution in [2.75, 3.05) is 0 Å². The van der Waals surface area contributed by atoms with E-state index in [-0.39, 0.29) is 24.4 Å². The molecule has 0 bridgehead atoms. The highest BCUT2D eigenvalue weighted by atomic mass is 19.2. The number of hydrogen-bond donors (Lipinski definition) is 0. The van der Waals surface area contributed by atoms with E-state index in [1.807, 2.05) is 6.92 Å². The number of hydrogen-bond acceptors (Lipinski definition) is 2. The van der Waals surface area contributed by atoms with E-state index in [1.54, 1.807) is 0 Å². The molecule has 0 spiro atoms. The second-order valence-electron chi connectivity index (χ2n) is 4.30. The average molecular weight is 240 g/mol. The molecule has 1 aliphatic heterocycles. The number of ether oxygens (including phenoxy) is 1. The Hall–Kier alpha value is -1.45. The Morgan fingerprint density at radius 2 is 2.12 bits per heavy atom. The monoisotopic (exact) mass is 240 g/mol. The lowest BCUT2D eigenvalue weighted by Gasteiger charge is -2.17. The predicted octanol–water partition coefficient (Wildman–Crippen LogP) is 3.16. The van der Waals surface area contributed by atoms with Crippen LogP contribution < -0.4 is 0 Å². The fraction of sp³-hybridized carbons (Fsp3) is 0.462. The zero-order valence-corrected chi connectivity index (χ0v) is 9.58. The molecule has 1 heterocycles. The van der Waals surface area contributed by atoms with E-state index in [0.29, 0.717) is 5.56 Å². The molecule has 2 rings (SSSR count). The van der Waals surface area contributed by atoms with Gasteiger partial charge in [0.2, 0.25) is 0 Å². The van der Waals surface area contributed by atoms with Gasteiger partial charge in [0, 0.05) is 5.92 Å². The third kappa shape index (κ3) is 2.46. The minimum Gasteiger partial charge on any atom is -0.462 e. The van der Waals surface area contributed by atoms with Gasteiger partial charge in [0.15, 0.2) is 11.6 Å². The number of carbonyl (C=O) groups excluding carboxylic acids is 1. The summed E-state index contributed by atoms with van der Waals surface area (Å²) in [6.07, 6.45) is 1.67. The summed E-state index contributed by atoms with van der Waals surface area (Å²) in [4.78, 5) is 11.3.